The van der Waals surface area contributed by atoms with Crippen LogP contribution in [0, 0.1) is 0 Å². The third kappa shape index (κ3) is 6.00. The normalized spacial score (nSPS) is 16.7. The van der Waals surface area contributed by atoms with Gasteiger partial charge in [0.1, 0.15) is 0 Å². The summed E-state index contributed by atoms with van der Waals surface area (Å²) in [5.74, 6) is 0. The van der Waals surface area contributed by atoms with Crippen LogP contribution in [-0.2, 0) is 30.4 Å². The van der Waals surface area contributed by atoms with Crippen LogP contribution in [0.5, 0.6) is 0 Å². The molecule has 0 spiro atoms. The lowest BCUT2D eigenvalue weighted by atomic mass is 9.74. The molecule has 1 nitrogen and oxygen atoms in total. The Bertz CT molecular complexity index is 757. The van der Waals surface area contributed by atoms with Gasteiger partial charge in [0.2, 0.25) is 0 Å². The summed E-state index contributed by atoms with van der Waals surface area (Å²) in [6, 6.07) is 0. The first-order valence-corrected chi connectivity index (χ1v) is 11.7. The Labute approximate surface area is 180 Å². The number of benzene rings is 1. The maximum atomic E-state index is 12.2. The second-order valence-electron chi connectivity index (χ2n) is 7.74. The van der Waals surface area contributed by atoms with Crippen LogP contribution in [0.15, 0.2) is 12.2 Å². The molecule has 0 aliphatic heterocycles. The van der Waals surface area contributed by atoms with Crippen molar-refractivity contribution in [2.45, 2.75) is 98.3 Å². The van der Waals surface area contributed by atoms with Crippen molar-refractivity contribution in [1.82, 2.24) is 0 Å². The number of halogens is 3. The van der Waals surface area contributed by atoms with Crippen molar-refractivity contribution in [2.75, 3.05) is 6.61 Å². The lowest BCUT2D eigenvalue weighted by Crippen LogP contribution is -2.16. The topological polar surface area (TPSA) is 9.23 Å². The number of fused-ring (bicyclic) bond motifs is 2. The van der Waals surface area contributed by atoms with E-state index in [0.29, 0.717) is 6.42 Å². The number of hydrogen-bond donors (Lipinski definition) is 0. The Morgan fingerprint density at radius 3 is 2.43 bits per heavy atom. The van der Waals surface area contributed by atoms with Crippen LogP contribution in [-0.4, -0.2) is 13.0 Å². The van der Waals surface area contributed by atoms with Crippen LogP contribution in [0.4, 0.5) is 13.2 Å². The molecular weight excluding hydrogens is 385 g/mol. The largest absolute Gasteiger partial charge is 0.522 e. The van der Waals surface area contributed by atoms with Gasteiger partial charge < -0.3 is 0 Å². The van der Waals surface area contributed by atoms with E-state index in [-0.39, 0.29) is 6.61 Å². The van der Waals surface area contributed by atoms with E-state index in [1.165, 1.54) is 39.0 Å². The van der Waals surface area contributed by atoms with Gasteiger partial charge in [-0.1, -0.05) is 45.9 Å². The smallest absolute Gasteiger partial charge is 0.292 e. The maximum absolute atomic E-state index is 12.2. The summed E-state index contributed by atoms with van der Waals surface area (Å²) in [4.78, 5) is 0. The third-order valence-electron chi connectivity index (χ3n) is 5.91. The van der Waals surface area contributed by atoms with Crippen LogP contribution in [0.3, 0.4) is 0 Å². The van der Waals surface area contributed by atoms with Gasteiger partial charge in [0.25, 0.3) is 0 Å². The van der Waals surface area contributed by atoms with Crippen molar-refractivity contribution >= 4 is 11.6 Å². The summed E-state index contributed by atoms with van der Waals surface area (Å²) in [5, 5.41) is 0. The lowest BCUT2D eigenvalue weighted by Gasteiger charge is -2.31. The fourth-order valence-corrected chi connectivity index (χ4v) is 4.87. The Morgan fingerprint density at radius 1 is 1.00 bits per heavy atom. The number of alkyl halides is 3. The highest BCUT2D eigenvalue weighted by Crippen LogP contribution is 2.42. The molecule has 0 radical (unpaired) electrons. The summed E-state index contributed by atoms with van der Waals surface area (Å²) in [6.45, 7) is 8.19. The highest BCUT2D eigenvalue weighted by atomic mass is 19.4. The monoisotopic (exact) mass is 422 g/mol. The van der Waals surface area contributed by atoms with E-state index in [1.807, 2.05) is 13.8 Å². The van der Waals surface area contributed by atoms with Gasteiger partial charge >= 0.3 is 6.36 Å². The van der Waals surface area contributed by atoms with E-state index in [1.54, 1.807) is 0 Å². The van der Waals surface area contributed by atoms with Crippen molar-refractivity contribution < 1.29 is 17.9 Å². The van der Waals surface area contributed by atoms with Crippen molar-refractivity contribution in [3.05, 3.63) is 45.5 Å². The first-order valence-electron chi connectivity index (χ1n) is 11.7. The van der Waals surface area contributed by atoms with E-state index >= 15 is 0 Å². The molecule has 4 heteroatoms. The van der Waals surface area contributed by atoms with Crippen molar-refractivity contribution in [2.24, 2.45) is 0 Å². The second kappa shape index (κ2) is 11.7. The second-order valence-corrected chi connectivity index (χ2v) is 7.74. The molecule has 0 fully saturated rings. The average Bonchev–Trinajstić information content (AvgIpc) is 2.74. The number of allylic oxidation sites excluding steroid dienone is 3. The van der Waals surface area contributed by atoms with Gasteiger partial charge in [0, 0.05) is 0 Å². The average molecular weight is 423 g/mol. The van der Waals surface area contributed by atoms with Crippen molar-refractivity contribution in [3.8, 4) is 0 Å². The molecule has 2 aliphatic rings. The molecule has 0 N–H and O–H groups in total. The molecule has 0 heterocycles. The van der Waals surface area contributed by atoms with Gasteiger partial charge in [-0.15, -0.1) is 13.2 Å². The third-order valence-corrected chi connectivity index (χ3v) is 5.91. The predicted molar refractivity (Wildman–Crippen MR) is 121 cm³/mol. The van der Waals surface area contributed by atoms with E-state index in [9.17, 15) is 13.2 Å². The van der Waals surface area contributed by atoms with Crippen LogP contribution >= 0.6 is 0 Å². The molecule has 30 heavy (non-hydrogen) atoms. The fraction of sp³-hybridized carbons (Fsp3) is 0.615. The fourth-order valence-electron chi connectivity index (χ4n) is 4.87. The Hall–Kier alpha value is -1.55. The molecule has 168 valence electrons. The summed E-state index contributed by atoms with van der Waals surface area (Å²) in [7, 11) is 0. The molecule has 3 rings (SSSR count). The van der Waals surface area contributed by atoms with Crippen LogP contribution in [0.1, 0.15) is 99.6 Å². The molecule has 0 saturated carbocycles. The van der Waals surface area contributed by atoms with E-state index in [4.69, 9.17) is 0 Å². The molecule has 0 aromatic heterocycles. The van der Waals surface area contributed by atoms with Gasteiger partial charge in [-0.25, -0.2) is 0 Å². The molecule has 2 aliphatic carbocycles. The molecule has 0 unspecified atom stereocenters. The van der Waals surface area contributed by atoms with Gasteiger partial charge in [-0.05, 0) is 103 Å². The zero-order valence-corrected chi connectivity index (χ0v) is 19.1. The zero-order chi connectivity index (χ0) is 22.1. The Balaban J connectivity index is 0.00000155. The summed E-state index contributed by atoms with van der Waals surface area (Å²) in [5.41, 5.74) is 10.2. The zero-order valence-electron chi connectivity index (χ0n) is 19.1. The van der Waals surface area contributed by atoms with Crippen molar-refractivity contribution in [1.29, 1.82) is 0 Å². The standard InChI is InChI=1S/C24H31F3O.C2H6/c1-3-10-17-11-9-15-22-21(14-7-8-16-28-24(25,26)27)20-13-6-5-12-19(20)18(4-2)23(17)22;1-2/h6,10,13H,3-5,7-9,11-12,14-16H2,1-2H3;1-2H3/b17-10-;. The molecule has 1 aromatic rings. The minimum atomic E-state index is -4.52. The molecular formula is C26H37F3O. The van der Waals surface area contributed by atoms with Crippen LogP contribution < -0.4 is 0 Å². The summed E-state index contributed by atoms with van der Waals surface area (Å²) in [6.07, 6.45) is 12.0. The minimum Gasteiger partial charge on any atom is -0.292 e. The number of unbranched alkanes of at least 4 members (excludes halogenated alkanes) is 1. The molecule has 0 amide bonds. The molecule has 0 bridgehead atoms. The van der Waals surface area contributed by atoms with Crippen molar-refractivity contribution in [3.63, 3.8) is 0 Å². The quantitative estimate of drug-likeness (QED) is 0.402. The predicted octanol–water partition coefficient (Wildman–Crippen LogP) is 8.22. The number of hydrogen-bond acceptors (Lipinski definition) is 1. The molecule has 0 saturated heterocycles. The van der Waals surface area contributed by atoms with Gasteiger partial charge in [0.05, 0.1) is 6.61 Å². The van der Waals surface area contributed by atoms with E-state index in [2.05, 4.69) is 36.8 Å². The molecule has 1 aromatic carbocycles. The van der Waals surface area contributed by atoms with Gasteiger partial charge in [-0.2, -0.15) is 0 Å². The minimum absolute atomic E-state index is 0.252. The number of ether oxygens (including phenoxy) is 1. The van der Waals surface area contributed by atoms with Gasteiger partial charge in [0.15, 0.2) is 0 Å². The van der Waals surface area contributed by atoms with Gasteiger partial charge in [-0.3, -0.25) is 4.74 Å². The first-order chi connectivity index (χ1) is 14.5. The first kappa shape index (κ1) is 24.7. The lowest BCUT2D eigenvalue weighted by molar-refractivity contribution is -0.324. The highest BCUT2D eigenvalue weighted by molar-refractivity contribution is 5.79. The number of rotatable bonds is 7. The van der Waals surface area contributed by atoms with E-state index in [0.717, 1.165) is 57.8 Å². The summed E-state index contributed by atoms with van der Waals surface area (Å²) < 4.78 is 40.6. The van der Waals surface area contributed by atoms with E-state index < -0.39 is 6.36 Å². The highest BCUT2D eigenvalue weighted by Gasteiger charge is 2.29. The Kier molecular flexibility index (Phi) is 9.67. The van der Waals surface area contributed by atoms with Crippen LogP contribution in [0.2, 0.25) is 0 Å². The summed E-state index contributed by atoms with van der Waals surface area (Å²) >= 11 is 0. The Morgan fingerprint density at radius 2 is 1.77 bits per heavy atom. The SMILES string of the molecule is CC.CC/C=C1/CCCc2c(CCCCOC(F)(F)F)c3c(c(CC)c21)CCC=C3. The van der Waals surface area contributed by atoms with Crippen LogP contribution in [0.25, 0.3) is 11.6 Å². The maximum Gasteiger partial charge on any atom is 0.522 e. The molecule has 0 atom stereocenters.